The van der Waals surface area contributed by atoms with Gasteiger partial charge in [0.2, 0.25) is 0 Å². The van der Waals surface area contributed by atoms with Gasteiger partial charge in [-0.05, 0) is 49.4 Å². The molecule has 0 saturated heterocycles. The van der Waals surface area contributed by atoms with Crippen LogP contribution in [0.3, 0.4) is 0 Å². The van der Waals surface area contributed by atoms with Gasteiger partial charge in [-0.1, -0.05) is 30.3 Å². The molecule has 1 N–H and O–H groups in total. The summed E-state index contributed by atoms with van der Waals surface area (Å²) in [7, 11) is 0. The highest BCUT2D eigenvalue weighted by molar-refractivity contribution is 5.39. The molecule has 2 aliphatic carbocycles. The van der Waals surface area contributed by atoms with Crippen LogP contribution in [0.25, 0.3) is 5.82 Å². The van der Waals surface area contributed by atoms with Crippen LogP contribution in [0.1, 0.15) is 54.5 Å². The van der Waals surface area contributed by atoms with E-state index in [0.29, 0.717) is 11.8 Å². The molecule has 2 saturated carbocycles. The van der Waals surface area contributed by atoms with Crippen molar-refractivity contribution in [2.75, 3.05) is 5.32 Å². The Bertz CT molecular complexity index is 861. The Kier molecular flexibility index (Phi) is 3.51. The summed E-state index contributed by atoms with van der Waals surface area (Å²) in [6, 6.07) is 16.6. The van der Waals surface area contributed by atoms with Crippen molar-refractivity contribution >= 4 is 5.82 Å². The van der Waals surface area contributed by atoms with Crippen LogP contribution in [-0.4, -0.2) is 20.0 Å². The summed E-state index contributed by atoms with van der Waals surface area (Å²) >= 11 is 0. The predicted octanol–water partition coefficient (Wildman–Crippen LogP) is 4.03. The fourth-order valence-corrected chi connectivity index (χ4v) is 3.17. The molecule has 5 heteroatoms. The molecular weight excluding hydrogens is 310 g/mol. The SMILES string of the molecule is c1ccc(CNc2ccc(-n3nc(C4CC4)cc3C3CC3)nn2)cc1. The van der Waals surface area contributed by atoms with Crippen LogP contribution in [0, 0.1) is 0 Å². The first-order valence-electron chi connectivity index (χ1n) is 9.08. The van der Waals surface area contributed by atoms with Gasteiger partial charge in [0.25, 0.3) is 0 Å². The molecule has 0 amide bonds. The second-order valence-corrected chi connectivity index (χ2v) is 7.07. The first kappa shape index (κ1) is 14.6. The van der Waals surface area contributed by atoms with Crippen LogP contribution in [0.4, 0.5) is 5.82 Å². The van der Waals surface area contributed by atoms with Crippen LogP contribution in [-0.2, 0) is 6.54 Å². The minimum absolute atomic E-state index is 0.651. The van der Waals surface area contributed by atoms with E-state index >= 15 is 0 Å². The van der Waals surface area contributed by atoms with Crippen LogP contribution < -0.4 is 5.32 Å². The molecule has 0 radical (unpaired) electrons. The molecule has 2 fully saturated rings. The molecule has 5 nitrogen and oxygen atoms in total. The zero-order chi connectivity index (χ0) is 16.6. The van der Waals surface area contributed by atoms with Gasteiger partial charge in [-0.3, -0.25) is 0 Å². The Hall–Kier alpha value is -2.69. The number of nitrogens with zero attached hydrogens (tertiary/aromatic N) is 4. The van der Waals surface area contributed by atoms with E-state index in [1.54, 1.807) is 0 Å². The average molecular weight is 331 g/mol. The number of hydrogen-bond donors (Lipinski definition) is 1. The van der Waals surface area contributed by atoms with Crippen LogP contribution in [0.2, 0.25) is 0 Å². The maximum absolute atomic E-state index is 4.82. The number of anilines is 1. The van der Waals surface area contributed by atoms with Crippen molar-refractivity contribution < 1.29 is 0 Å². The topological polar surface area (TPSA) is 55.6 Å². The van der Waals surface area contributed by atoms with Crippen molar-refractivity contribution in [1.29, 1.82) is 0 Å². The van der Waals surface area contributed by atoms with Gasteiger partial charge in [-0.2, -0.15) is 5.10 Å². The van der Waals surface area contributed by atoms with E-state index in [9.17, 15) is 0 Å². The van der Waals surface area contributed by atoms with E-state index in [2.05, 4.69) is 33.7 Å². The van der Waals surface area contributed by atoms with Gasteiger partial charge in [0.15, 0.2) is 5.82 Å². The van der Waals surface area contributed by atoms with Crippen LogP contribution >= 0.6 is 0 Å². The van der Waals surface area contributed by atoms with Crippen molar-refractivity contribution in [3.05, 3.63) is 65.5 Å². The van der Waals surface area contributed by atoms with Crippen molar-refractivity contribution in [1.82, 2.24) is 20.0 Å². The Morgan fingerprint density at radius 3 is 2.40 bits per heavy atom. The number of benzene rings is 1. The maximum Gasteiger partial charge on any atom is 0.176 e. The van der Waals surface area contributed by atoms with Crippen LogP contribution in [0.5, 0.6) is 0 Å². The monoisotopic (exact) mass is 331 g/mol. The van der Waals surface area contributed by atoms with E-state index in [4.69, 9.17) is 5.10 Å². The number of aromatic nitrogens is 4. The van der Waals surface area contributed by atoms with Crippen molar-refractivity contribution in [3.8, 4) is 5.82 Å². The molecule has 0 atom stereocenters. The predicted molar refractivity (Wildman–Crippen MR) is 96.9 cm³/mol. The zero-order valence-corrected chi connectivity index (χ0v) is 14.1. The maximum atomic E-state index is 4.82. The van der Waals surface area contributed by atoms with Crippen molar-refractivity contribution in [2.24, 2.45) is 0 Å². The van der Waals surface area contributed by atoms with E-state index in [-0.39, 0.29) is 0 Å². The first-order valence-corrected chi connectivity index (χ1v) is 9.08. The number of nitrogens with one attached hydrogen (secondary N) is 1. The third kappa shape index (κ3) is 3.14. The first-order chi connectivity index (χ1) is 12.4. The van der Waals surface area contributed by atoms with Crippen molar-refractivity contribution in [2.45, 2.75) is 44.1 Å². The summed E-state index contributed by atoms with van der Waals surface area (Å²) in [4.78, 5) is 0. The molecule has 5 rings (SSSR count). The summed E-state index contributed by atoms with van der Waals surface area (Å²) in [6.07, 6.45) is 5.07. The van der Waals surface area contributed by atoms with E-state index in [0.717, 1.165) is 18.2 Å². The summed E-state index contributed by atoms with van der Waals surface area (Å²) in [5.74, 6) is 2.92. The van der Waals surface area contributed by atoms with Crippen molar-refractivity contribution in [3.63, 3.8) is 0 Å². The molecule has 126 valence electrons. The molecule has 0 bridgehead atoms. The lowest BCUT2D eigenvalue weighted by Crippen LogP contribution is -2.07. The minimum Gasteiger partial charge on any atom is -0.365 e. The molecule has 3 aromatic rings. The summed E-state index contributed by atoms with van der Waals surface area (Å²) in [5, 5.41) is 16.9. The lowest BCUT2D eigenvalue weighted by molar-refractivity contribution is 0.749. The van der Waals surface area contributed by atoms with Gasteiger partial charge < -0.3 is 5.32 Å². The van der Waals surface area contributed by atoms with Gasteiger partial charge in [0.05, 0.1) is 5.69 Å². The van der Waals surface area contributed by atoms with E-state index < -0.39 is 0 Å². The highest BCUT2D eigenvalue weighted by Gasteiger charge is 2.33. The summed E-state index contributed by atoms with van der Waals surface area (Å²) in [5.41, 5.74) is 3.77. The molecule has 25 heavy (non-hydrogen) atoms. The lowest BCUT2D eigenvalue weighted by atomic mass is 10.2. The smallest absolute Gasteiger partial charge is 0.176 e. The van der Waals surface area contributed by atoms with Gasteiger partial charge in [-0.15, -0.1) is 10.2 Å². The highest BCUT2D eigenvalue weighted by atomic mass is 15.4. The Labute approximate surface area is 147 Å². The Balaban J connectivity index is 1.35. The van der Waals surface area contributed by atoms with Crippen LogP contribution in [0.15, 0.2) is 48.5 Å². The third-order valence-electron chi connectivity index (χ3n) is 4.93. The van der Waals surface area contributed by atoms with Gasteiger partial charge in [-0.25, -0.2) is 4.68 Å². The summed E-state index contributed by atoms with van der Waals surface area (Å²) < 4.78 is 2.01. The Morgan fingerprint density at radius 2 is 1.72 bits per heavy atom. The number of rotatable bonds is 6. The highest BCUT2D eigenvalue weighted by Crippen LogP contribution is 2.45. The second-order valence-electron chi connectivity index (χ2n) is 7.07. The summed E-state index contributed by atoms with van der Waals surface area (Å²) in [6.45, 7) is 0.746. The Morgan fingerprint density at radius 1 is 0.920 bits per heavy atom. The molecule has 2 aliphatic rings. The lowest BCUT2D eigenvalue weighted by Gasteiger charge is -2.07. The van der Waals surface area contributed by atoms with Gasteiger partial charge in [0.1, 0.15) is 5.82 Å². The fourth-order valence-electron chi connectivity index (χ4n) is 3.17. The standard InChI is InChI=1S/C20H21N5/c1-2-4-14(5-3-1)13-21-19-10-11-20(23-22-19)25-18(16-8-9-16)12-17(24-25)15-6-7-15/h1-5,10-12,15-16H,6-9,13H2,(H,21,22). The van der Waals surface area contributed by atoms with Gasteiger partial charge >= 0.3 is 0 Å². The number of hydrogen-bond acceptors (Lipinski definition) is 4. The quantitative estimate of drug-likeness (QED) is 0.741. The molecule has 2 heterocycles. The molecule has 0 unspecified atom stereocenters. The zero-order valence-electron chi connectivity index (χ0n) is 14.1. The third-order valence-corrected chi connectivity index (χ3v) is 4.93. The molecule has 2 aromatic heterocycles. The molecule has 0 aliphatic heterocycles. The van der Waals surface area contributed by atoms with E-state index in [1.807, 2.05) is 35.0 Å². The van der Waals surface area contributed by atoms with Gasteiger partial charge in [0, 0.05) is 24.1 Å². The fraction of sp³-hybridized carbons (Fsp3) is 0.350. The normalized spacial score (nSPS) is 16.8. The second kappa shape index (κ2) is 5.99. The molecule has 0 spiro atoms. The average Bonchev–Trinajstić information content (AvgIpc) is 3.60. The van der Waals surface area contributed by atoms with E-state index in [1.165, 1.54) is 42.6 Å². The molecule has 1 aromatic carbocycles. The molecular formula is C20H21N5. The largest absolute Gasteiger partial charge is 0.365 e. The minimum atomic E-state index is 0.651.